The van der Waals surface area contributed by atoms with E-state index in [9.17, 15) is 0 Å². The second-order valence-electron chi connectivity index (χ2n) is 5.67. The van der Waals surface area contributed by atoms with Crippen molar-refractivity contribution in [1.82, 2.24) is 10.2 Å². The Hall–Kier alpha value is -0.900. The number of nitrogens with one attached hydrogen (secondary N) is 1. The second kappa shape index (κ2) is 5.83. The minimum absolute atomic E-state index is 0.0777. The fraction of sp³-hybridized carbons (Fsp3) is 0.600. The fourth-order valence-electron chi connectivity index (χ4n) is 2.51. The number of nitrogens with zero attached hydrogens (tertiary/aromatic N) is 1. The number of piperazine rings is 1. The summed E-state index contributed by atoms with van der Waals surface area (Å²) < 4.78 is 0. The van der Waals surface area contributed by atoms with E-state index in [-0.39, 0.29) is 6.04 Å². The number of rotatable bonds is 3. The van der Waals surface area contributed by atoms with Crippen molar-refractivity contribution >= 4 is 0 Å². The van der Waals surface area contributed by atoms with E-state index >= 15 is 0 Å². The molecule has 18 heavy (non-hydrogen) atoms. The number of hydrogen-bond acceptors (Lipinski definition) is 3. The third kappa shape index (κ3) is 3.10. The average molecular weight is 247 g/mol. The molecule has 1 fully saturated rings. The first-order valence-electron chi connectivity index (χ1n) is 6.85. The summed E-state index contributed by atoms with van der Waals surface area (Å²) in [5, 5.41) is 3.52. The lowest BCUT2D eigenvalue weighted by Crippen LogP contribution is -2.53. The smallest absolute Gasteiger partial charge is 0.0463 e. The zero-order chi connectivity index (χ0) is 13.1. The van der Waals surface area contributed by atoms with E-state index in [1.54, 1.807) is 0 Å². The predicted molar refractivity (Wildman–Crippen MR) is 76.7 cm³/mol. The zero-order valence-corrected chi connectivity index (χ0v) is 11.7. The first-order chi connectivity index (χ1) is 8.58. The van der Waals surface area contributed by atoms with Crippen LogP contribution in [0.1, 0.15) is 36.9 Å². The summed E-state index contributed by atoms with van der Waals surface area (Å²) >= 11 is 0. The summed E-state index contributed by atoms with van der Waals surface area (Å²) in [6.07, 6.45) is 0. The maximum absolute atomic E-state index is 6.37. The summed E-state index contributed by atoms with van der Waals surface area (Å²) in [6, 6.07) is 9.19. The first kappa shape index (κ1) is 13.5. The van der Waals surface area contributed by atoms with Crippen LogP contribution in [0.2, 0.25) is 0 Å². The van der Waals surface area contributed by atoms with Gasteiger partial charge in [0.05, 0.1) is 0 Å². The van der Waals surface area contributed by atoms with Crippen molar-refractivity contribution in [2.75, 3.05) is 26.7 Å². The van der Waals surface area contributed by atoms with Gasteiger partial charge >= 0.3 is 0 Å². The minimum Gasteiger partial charge on any atom is -0.323 e. The van der Waals surface area contributed by atoms with Crippen LogP contribution in [0.25, 0.3) is 0 Å². The van der Waals surface area contributed by atoms with E-state index in [1.807, 2.05) is 0 Å². The van der Waals surface area contributed by atoms with Crippen LogP contribution in [0.15, 0.2) is 24.3 Å². The van der Waals surface area contributed by atoms with Gasteiger partial charge in [-0.1, -0.05) is 38.1 Å². The number of benzene rings is 1. The van der Waals surface area contributed by atoms with Crippen LogP contribution in [0, 0.1) is 0 Å². The summed E-state index contributed by atoms with van der Waals surface area (Å²) in [6.45, 7) is 7.58. The standard InChI is InChI=1S/C15H25N3/c1-11(2)12-4-6-13(7-5-12)15(16)14-10-18(3)9-8-17-14/h4-7,11,14-15,17H,8-10,16H2,1-3H3. The van der Waals surface area contributed by atoms with Crippen LogP contribution in [-0.2, 0) is 0 Å². The third-order valence-electron chi connectivity index (χ3n) is 3.83. The maximum atomic E-state index is 6.37. The molecule has 1 aliphatic rings. The van der Waals surface area contributed by atoms with E-state index in [2.05, 4.69) is 55.4 Å². The first-order valence-corrected chi connectivity index (χ1v) is 6.85. The van der Waals surface area contributed by atoms with Gasteiger partial charge in [-0.2, -0.15) is 0 Å². The molecule has 2 rings (SSSR count). The number of nitrogens with two attached hydrogens (primary N) is 1. The van der Waals surface area contributed by atoms with Crippen molar-refractivity contribution in [3.8, 4) is 0 Å². The Morgan fingerprint density at radius 2 is 1.83 bits per heavy atom. The largest absolute Gasteiger partial charge is 0.323 e. The molecule has 1 saturated heterocycles. The van der Waals surface area contributed by atoms with Crippen molar-refractivity contribution in [2.24, 2.45) is 5.73 Å². The molecule has 0 spiro atoms. The van der Waals surface area contributed by atoms with Gasteiger partial charge in [0.25, 0.3) is 0 Å². The monoisotopic (exact) mass is 247 g/mol. The highest BCUT2D eigenvalue weighted by molar-refractivity contribution is 5.27. The molecule has 2 atom stereocenters. The summed E-state index contributed by atoms with van der Waals surface area (Å²) in [5.74, 6) is 0.578. The molecule has 3 heteroatoms. The molecule has 2 unspecified atom stereocenters. The Morgan fingerprint density at radius 1 is 1.22 bits per heavy atom. The normalized spacial score (nSPS) is 23.3. The predicted octanol–water partition coefficient (Wildman–Crippen LogP) is 1.71. The van der Waals surface area contributed by atoms with Crippen LogP contribution < -0.4 is 11.1 Å². The SMILES string of the molecule is CC(C)c1ccc(C(N)C2CN(C)CCN2)cc1. The topological polar surface area (TPSA) is 41.3 Å². The lowest BCUT2D eigenvalue weighted by atomic mass is 9.95. The molecule has 0 bridgehead atoms. The Morgan fingerprint density at radius 3 is 2.39 bits per heavy atom. The lowest BCUT2D eigenvalue weighted by molar-refractivity contribution is 0.220. The molecule has 100 valence electrons. The van der Waals surface area contributed by atoms with Gasteiger partial charge in [0.1, 0.15) is 0 Å². The van der Waals surface area contributed by atoms with Crippen molar-refractivity contribution in [2.45, 2.75) is 31.8 Å². The lowest BCUT2D eigenvalue weighted by Gasteiger charge is -2.34. The van der Waals surface area contributed by atoms with Crippen LogP contribution in [0.3, 0.4) is 0 Å². The van der Waals surface area contributed by atoms with Crippen molar-refractivity contribution in [3.63, 3.8) is 0 Å². The van der Waals surface area contributed by atoms with Gasteiger partial charge < -0.3 is 16.0 Å². The summed E-state index contributed by atoms with van der Waals surface area (Å²) in [7, 11) is 2.16. The van der Waals surface area contributed by atoms with E-state index in [4.69, 9.17) is 5.73 Å². The van der Waals surface area contributed by atoms with Crippen LogP contribution in [-0.4, -0.2) is 37.6 Å². The van der Waals surface area contributed by atoms with Crippen LogP contribution in [0.5, 0.6) is 0 Å². The number of hydrogen-bond donors (Lipinski definition) is 2. The van der Waals surface area contributed by atoms with E-state index in [1.165, 1.54) is 11.1 Å². The molecule has 3 N–H and O–H groups in total. The Bertz CT molecular complexity index is 372. The van der Waals surface area contributed by atoms with Gasteiger partial charge in [-0.15, -0.1) is 0 Å². The highest BCUT2D eigenvalue weighted by Gasteiger charge is 2.23. The minimum atomic E-state index is 0.0777. The molecule has 1 aromatic carbocycles. The van der Waals surface area contributed by atoms with E-state index < -0.39 is 0 Å². The molecule has 0 aromatic heterocycles. The maximum Gasteiger partial charge on any atom is 0.0463 e. The molecular weight excluding hydrogens is 222 g/mol. The Kier molecular flexibility index (Phi) is 4.38. The highest BCUT2D eigenvalue weighted by Crippen LogP contribution is 2.20. The van der Waals surface area contributed by atoms with Crippen LogP contribution >= 0.6 is 0 Å². The number of likely N-dealkylation sites (N-methyl/N-ethyl adjacent to an activating group) is 1. The summed E-state index contributed by atoms with van der Waals surface area (Å²) in [4.78, 5) is 2.34. The summed E-state index contributed by atoms with van der Waals surface area (Å²) in [5.41, 5.74) is 8.97. The van der Waals surface area contributed by atoms with E-state index in [0.29, 0.717) is 12.0 Å². The van der Waals surface area contributed by atoms with Crippen LogP contribution in [0.4, 0.5) is 0 Å². The molecule has 1 aliphatic heterocycles. The molecule has 0 amide bonds. The Balaban J connectivity index is 2.05. The third-order valence-corrected chi connectivity index (χ3v) is 3.83. The molecule has 0 radical (unpaired) electrons. The van der Waals surface area contributed by atoms with Gasteiger partial charge in [-0.3, -0.25) is 0 Å². The molecule has 1 aromatic rings. The van der Waals surface area contributed by atoms with Gasteiger partial charge in [0, 0.05) is 31.7 Å². The zero-order valence-electron chi connectivity index (χ0n) is 11.7. The average Bonchev–Trinajstić information content (AvgIpc) is 2.38. The molecule has 1 heterocycles. The van der Waals surface area contributed by atoms with Crippen molar-refractivity contribution in [1.29, 1.82) is 0 Å². The molecular formula is C15H25N3. The van der Waals surface area contributed by atoms with Crippen molar-refractivity contribution in [3.05, 3.63) is 35.4 Å². The molecule has 3 nitrogen and oxygen atoms in total. The van der Waals surface area contributed by atoms with Gasteiger partial charge in [0.15, 0.2) is 0 Å². The van der Waals surface area contributed by atoms with Gasteiger partial charge in [-0.05, 0) is 24.1 Å². The van der Waals surface area contributed by atoms with Gasteiger partial charge in [-0.25, -0.2) is 0 Å². The highest BCUT2D eigenvalue weighted by atomic mass is 15.2. The molecule has 0 aliphatic carbocycles. The molecule has 0 saturated carbocycles. The van der Waals surface area contributed by atoms with Crippen molar-refractivity contribution < 1.29 is 0 Å². The Labute approximate surface area is 110 Å². The second-order valence-corrected chi connectivity index (χ2v) is 5.67. The van der Waals surface area contributed by atoms with Gasteiger partial charge in [0.2, 0.25) is 0 Å². The fourth-order valence-corrected chi connectivity index (χ4v) is 2.51. The van der Waals surface area contributed by atoms with E-state index in [0.717, 1.165) is 19.6 Å². The quantitative estimate of drug-likeness (QED) is 0.854.